The summed E-state index contributed by atoms with van der Waals surface area (Å²) in [5, 5.41) is 14.9. The molecule has 20 heavy (non-hydrogen) atoms. The largest absolute Gasteiger partial charge is 0.389 e. The summed E-state index contributed by atoms with van der Waals surface area (Å²) in [6.45, 7) is 2.02. The topological polar surface area (TPSA) is 84.2 Å². The first-order valence-corrected chi connectivity index (χ1v) is 6.98. The number of nitrogens with zero attached hydrogens (tertiary/aromatic N) is 2. The monoisotopic (exact) mass is 293 g/mol. The molecule has 2 N–H and O–H groups in total. The summed E-state index contributed by atoms with van der Waals surface area (Å²) in [6, 6.07) is 4.77. The van der Waals surface area contributed by atoms with Crippen LogP contribution in [0.3, 0.4) is 0 Å². The van der Waals surface area contributed by atoms with E-state index >= 15 is 0 Å². The van der Waals surface area contributed by atoms with Crippen molar-refractivity contribution in [3.8, 4) is 0 Å². The molecule has 0 aliphatic rings. The van der Waals surface area contributed by atoms with E-state index in [2.05, 4.69) is 10.3 Å². The quantitative estimate of drug-likeness (QED) is 0.836. The van der Waals surface area contributed by atoms with Crippen LogP contribution in [-0.4, -0.2) is 33.2 Å². The van der Waals surface area contributed by atoms with E-state index < -0.39 is 6.10 Å². The van der Waals surface area contributed by atoms with Crippen molar-refractivity contribution >= 4 is 17.2 Å². The Labute approximate surface area is 119 Å². The molecular weight excluding hydrogens is 278 g/mol. The number of rotatable bonds is 5. The van der Waals surface area contributed by atoms with Gasteiger partial charge in [-0.25, -0.2) is 4.98 Å². The molecule has 7 heteroatoms. The van der Waals surface area contributed by atoms with Gasteiger partial charge in [0.05, 0.1) is 17.7 Å². The van der Waals surface area contributed by atoms with Crippen molar-refractivity contribution < 1.29 is 9.90 Å². The van der Waals surface area contributed by atoms with Crippen molar-refractivity contribution in [2.24, 2.45) is 0 Å². The maximum absolute atomic E-state index is 11.7. The number of hydrogen-bond acceptors (Lipinski definition) is 5. The zero-order valence-corrected chi connectivity index (χ0v) is 11.8. The standard InChI is InChI=1S/C13H15N3O3S/c1-9-15-11(8-20-9)13(19)14-6-10(17)7-16-5-3-2-4-12(16)18/h2-5,8,10,17H,6-7H2,1H3,(H,14,19). The van der Waals surface area contributed by atoms with Gasteiger partial charge in [0.1, 0.15) is 5.69 Å². The van der Waals surface area contributed by atoms with Crippen LogP contribution in [0.2, 0.25) is 0 Å². The Morgan fingerprint density at radius 2 is 2.35 bits per heavy atom. The Morgan fingerprint density at radius 1 is 1.55 bits per heavy atom. The molecule has 0 saturated carbocycles. The molecule has 106 valence electrons. The molecule has 0 aliphatic heterocycles. The van der Waals surface area contributed by atoms with Crippen LogP contribution in [0.1, 0.15) is 15.5 Å². The lowest BCUT2D eigenvalue weighted by atomic mass is 10.3. The van der Waals surface area contributed by atoms with Gasteiger partial charge in [0.25, 0.3) is 11.5 Å². The van der Waals surface area contributed by atoms with Crippen LogP contribution in [0.4, 0.5) is 0 Å². The highest BCUT2D eigenvalue weighted by Crippen LogP contribution is 2.07. The first-order chi connectivity index (χ1) is 9.56. The molecule has 0 aromatic carbocycles. The minimum atomic E-state index is -0.834. The van der Waals surface area contributed by atoms with Gasteiger partial charge in [0.15, 0.2) is 0 Å². The van der Waals surface area contributed by atoms with Gasteiger partial charge in [0, 0.05) is 24.2 Å². The van der Waals surface area contributed by atoms with E-state index in [0.717, 1.165) is 5.01 Å². The number of aryl methyl sites for hydroxylation is 1. The van der Waals surface area contributed by atoms with Crippen molar-refractivity contribution in [1.29, 1.82) is 0 Å². The first-order valence-electron chi connectivity index (χ1n) is 6.10. The van der Waals surface area contributed by atoms with Crippen LogP contribution in [0.25, 0.3) is 0 Å². The second-order valence-corrected chi connectivity index (χ2v) is 5.37. The third kappa shape index (κ3) is 3.75. The van der Waals surface area contributed by atoms with E-state index in [1.54, 1.807) is 23.7 Å². The molecule has 0 radical (unpaired) electrons. The van der Waals surface area contributed by atoms with Crippen LogP contribution in [0.15, 0.2) is 34.6 Å². The number of pyridine rings is 1. The van der Waals surface area contributed by atoms with Crippen molar-refractivity contribution in [3.05, 3.63) is 50.8 Å². The maximum Gasteiger partial charge on any atom is 0.270 e. The number of nitrogens with one attached hydrogen (secondary N) is 1. The molecule has 0 fully saturated rings. The Morgan fingerprint density at radius 3 is 3.00 bits per heavy atom. The zero-order valence-electron chi connectivity index (χ0n) is 10.9. The molecule has 2 aromatic rings. The number of carbonyl (C=O) groups is 1. The fourth-order valence-electron chi connectivity index (χ4n) is 1.67. The molecule has 2 aromatic heterocycles. The zero-order chi connectivity index (χ0) is 14.5. The van der Waals surface area contributed by atoms with Crippen LogP contribution in [0.5, 0.6) is 0 Å². The van der Waals surface area contributed by atoms with Gasteiger partial charge in [-0.15, -0.1) is 11.3 Å². The lowest BCUT2D eigenvalue weighted by Gasteiger charge is -2.12. The van der Waals surface area contributed by atoms with Crippen LogP contribution < -0.4 is 10.9 Å². The first kappa shape index (κ1) is 14.4. The van der Waals surface area contributed by atoms with Crippen molar-refractivity contribution in [2.75, 3.05) is 6.54 Å². The van der Waals surface area contributed by atoms with E-state index in [1.165, 1.54) is 22.0 Å². The summed E-state index contributed by atoms with van der Waals surface area (Å²) in [7, 11) is 0. The molecule has 6 nitrogen and oxygen atoms in total. The molecule has 0 aliphatic carbocycles. The molecule has 1 amide bonds. The van der Waals surface area contributed by atoms with Gasteiger partial charge >= 0.3 is 0 Å². The number of hydrogen-bond donors (Lipinski definition) is 2. The third-order valence-corrected chi connectivity index (χ3v) is 3.43. The van der Waals surface area contributed by atoms with Gasteiger partial charge in [-0.1, -0.05) is 6.07 Å². The Balaban J connectivity index is 1.86. The number of amides is 1. The Bertz CT molecular complexity index is 650. The van der Waals surface area contributed by atoms with Crippen molar-refractivity contribution in [1.82, 2.24) is 14.9 Å². The SMILES string of the molecule is Cc1nc(C(=O)NCC(O)Cn2ccccc2=O)cs1. The minimum absolute atomic E-state index is 0.0662. The van der Waals surface area contributed by atoms with E-state index in [1.807, 2.05) is 6.92 Å². The van der Waals surface area contributed by atoms with Crippen LogP contribution in [-0.2, 0) is 6.54 Å². The van der Waals surface area contributed by atoms with Crippen molar-refractivity contribution in [2.45, 2.75) is 19.6 Å². The predicted octanol–water partition coefficient (Wildman–Crippen LogP) is 0.404. The summed E-state index contributed by atoms with van der Waals surface area (Å²) >= 11 is 1.39. The van der Waals surface area contributed by atoms with Crippen molar-refractivity contribution in [3.63, 3.8) is 0 Å². The van der Waals surface area contributed by atoms with Gasteiger partial charge in [-0.05, 0) is 13.0 Å². The highest BCUT2D eigenvalue weighted by atomic mass is 32.1. The number of thiazole rings is 1. The lowest BCUT2D eigenvalue weighted by molar-refractivity contribution is 0.0899. The smallest absolute Gasteiger partial charge is 0.270 e. The predicted molar refractivity (Wildman–Crippen MR) is 75.9 cm³/mol. The molecular formula is C13H15N3O3S. The van der Waals surface area contributed by atoms with Crippen LogP contribution >= 0.6 is 11.3 Å². The Hall–Kier alpha value is -1.99. The minimum Gasteiger partial charge on any atom is -0.389 e. The molecule has 0 spiro atoms. The summed E-state index contributed by atoms with van der Waals surface area (Å²) in [5.74, 6) is -0.325. The molecule has 0 bridgehead atoms. The van der Waals surface area contributed by atoms with E-state index in [0.29, 0.717) is 5.69 Å². The second-order valence-electron chi connectivity index (χ2n) is 4.31. The summed E-state index contributed by atoms with van der Waals surface area (Å²) < 4.78 is 1.39. The number of aliphatic hydroxyl groups excluding tert-OH is 1. The summed E-state index contributed by atoms with van der Waals surface area (Å²) in [5.41, 5.74) is 0.157. The lowest BCUT2D eigenvalue weighted by Crippen LogP contribution is -2.36. The molecule has 1 unspecified atom stereocenters. The van der Waals surface area contributed by atoms with Gasteiger partial charge in [-0.3, -0.25) is 9.59 Å². The van der Waals surface area contributed by atoms with Gasteiger partial charge in [0.2, 0.25) is 0 Å². The molecule has 1 atom stereocenters. The third-order valence-electron chi connectivity index (χ3n) is 2.66. The van der Waals surface area contributed by atoms with Crippen LogP contribution in [0, 0.1) is 6.92 Å². The molecule has 0 saturated heterocycles. The highest BCUT2D eigenvalue weighted by Gasteiger charge is 2.12. The summed E-state index contributed by atoms with van der Waals surface area (Å²) in [4.78, 5) is 27.3. The van der Waals surface area contributed by atoms with Gasteiger partial charge < -0.3 is 15.0 Å². The average Bonchev–Trinajstić information content (AvgIpc) is 2.85. The van der Waals surface area contributed by atoms with E-state index in [4.69, 9.17) is 0 Å². The number of aliphatic hydroxyl groups is 1. The fraction of sp³-hybridized carbons (Fsp3) is 0.308. The molecule has 2 heterocycles. The van der Waals surface area contributed by atoms with Gasteiger partial charge in [-0.2, -0.15) is 0 Å². The second kappa shape index (κ2) is 6.44. The number of carbonyl (C=O) groups excluding carboxylic acids is 1. The maximum atomic E-state index is 11.7. The van der Waals surface area contributed by atoms with E-state index in [9.17, 15) is 14.7 Å². The highest BCUT2D eigenvalue weighted by molar-refractivity contribution is 7.09. The fourth-order valence-corrected chi connectivity index (χ4v) is 2.26. The summed E-state index contributed by atoms with van der Waals surface area (Å²) in [6.07, 6.45) is 0.760. The average molecular weight is 293 g/mol. The Kier molecular flexibility index (Phi) is 4.65. The molecule has 2 rings (SSSR count). The van der Waals surface area contributed by atoms with E-state index in [-0.39, 0.29) is 24.6 Å². The number of aromatic nitrogens is 2. The normalized spacial score (nSPS) is 12.1.